The minimum Gasteiger partial charge on any atom is -0.282 e. The zero-order valence-corrected chi connectivity index (χ0v) is 10.0. The van der Waals surface area contributed by atoms with E-state index in [-0.39, 0.29) is 17.3 Å². The summed E-state index contributed by atoms with van der Waals surface area (Å²) in [5.41, 5.74) is 1.07. The van der Waals surface area contributed by atoms with Gasteiger partial charge in [-0.25, -0.2) is 0 Å². The molecule has 80 valence electrons. The first-order valence-electron chi connectivity index (χ1n) is 3.56. The summed E-state index contributed by atoms with van der Waals surface area (Å²) in [6.45, 7) is 3.25. The topological polar surface area (TPSA) is 54.4 Å². The second-order valence-corrected chi connectivity index (χ2v) is 4.64. The standard InChI is InChI=1S/C8H9ClO3S.ClH/c1-5-3-7(9)6(2)8(4-5)13(10,11)12;/h3-4H,1-2H3,(H,10,11,12);1H. The lowest BCUT2D eigenvalue weighted by Gasteiger charge is -2.05. The van der Waals surface area contributed by atoms with E-state index in [0.29, 0.717) is 16.1 Å². The van der Waals surface area contributed by atoms with Crippen molar-refractivity contribution in [3.05, 3.63) is 28.3 Å². The Hall–Kier alpha value is -0.290. The van der Waals surface area contributed by atoms with Gasteiger partial charge in [0.2, 0.25) is 0 Å². The minimum atomic E-state index is -4.16. The number of benzene rings is 1. The van der Waals surface area contributed by atoms with Gasteiger partial charge in [-0.05, 0) is 37.1 Å². The van der Waals surface area contributed by atoms with Gasteiger partial charge in [0, 0.05) is 5.02 Å². The fraction of sp³-hybridized carbons (Fsp3) is 0.250. The highest BCUT2D eigenvalue weighted by molar-refractivity contribution is 7.85. The molecule has 0 fully saturated rings. The normalized spacial score (nSPS) is 10.9. The summed E-state index contributed by atoms with van der Waals surface area (Å²) in [5, 5.41) is 0.340. The average molecular weight is 257 g/mol. The highest BCUT2D eigenvalue weighted by Crippen LogP contribution is 2.24. The molecule has 0 heterocycles. The lowest BCUT2D eigenvalue weighted by atomic mass is 10.2. The molecule has 0 aliphatic heterocycles. The summed E-state index contributed by atoms with van der Waals surface area (Å²) >= 11 is 5.75. The minimum absolute atomic E-state index is 0. The van der Waals surface area contributed by atoms with Gasteiger partial charge < -0.3 is 0 Å². The zero-order chi connectivity index (χ0) is 10.2. The van der Waals surface area contributed by atoms with Crippen LogP contribution in [0.15, 0.2) is 17.0 Å². The first kappa shape index (κ1) is 13.7. The molecule has 0 saturated heterocycles. The number of aryl methyl sites for hydroxylation is 1. The van der Waals surface area contributed by atoms with Gasteiger partial charge >= 0.3 is 0 Å². The second kappa shape index (κ2) is 4.49. The first-order chi connectivity index (χ1) is 5.82. The van der Waals surface area contributed by atoms with Crippen molar-refractivity contribution in [2.45, 2.75) is 18.7 Å². The Morgan fingerprint density at radius 3 is 2.21 bits per heavy atom. The maximum absolute atomic E-state index is 10.9. The molecule has 1 N–H and O–H groups in total. The fourth-order valence-corrected chi connectivity index (χ4v) is 2.21. The average Bonchev–Trinajstić information content (AvgIpc) is 1.94. The molecule has 0 saturated carbocycles. The van der Waals surface area contributed by atoms with Crippen LogP contribution in [0.3, 0.4) is 0 Å². The molecule has 0 bridgehead atoms. The molecule has 0 atom stereocenters. The van der Waals surface area contributed by atoms with E-state index in [1.54, 1.807) is 19.9 Å². The van der Waals surface area contributed by atoms with Gasteiger partial charge in [-0.3, -0.25) is 4.55 Å². The Morgan fingerprint density at radius 1 is 1.29 bits per heavy atom. The van der Waals surface area contributed by atoms with Crippen LogP contribution < -0.4 is 0 Å². The Morgan fingerprint density at radius 2 is 1.79 bits per heavy atom. The summed E-state index contributed by atoms with van der Waals surface area (Å²) in [4.78, 5) is -0.127. The van der Waals surface area contributed by atoms with E-state index in [2.05, 4.69) is 0 Å². The molecule has 6 heteroatoms. The van der Waals surface area contributed by atoms with Crippen molar-refractivity contribution in [3.63, 3.8) is 0 Å². The van der Waals surface area contributed by atoms with E-state index < -0.39 is 10.1 Å². The van der Waals surface area contributed by atoms with Crippen LogP contribution in [-0.2, 0) is 10.1 Å². The smallest absolute Gasteiger partial charge is 0.282 e. The van der Waals surface area contributed by atoms with Crippen LogP contribution in [0, 0.1) is 13.8 Å². The van der Waals surface area contributed by atoms with Crippen molar-refractivity contribution < 1.29 is 13.0 Å². The molecule has 0 radical (unpaired) electrons. The Labute approximate surface area is 94.2 Å². The second-order valence-electron chi connectivity index (χ2n) is 2.84. The van der Waals surface area contributed by atoms with Gasteiger partial charge in [-0.2, -0.15) is 8.42 Å². The third kappa shape index (κ3) is 2.85. The van der Waals surface area contributed by atoms with Crippen molar-refractivity contribution in [3.8, 4) is 0 Å². The highest BCUT2D eigenvalue weighted by Gasteiger charge is 2.15. The molecule has 1 rings (SSSR count). The van der Waals surface area contributed by atoms with Crippen molar-refractivity contribution in [1.82, 2.24) is 0 Å². The number of hydrogen-bond acceptors (Lipinski definition) is 2. The highest BCUT2D eigenvalue weighted by atomic mass is 35.5. The lowest BCUT2D eigenvalue weighted by molar-refractivity contribution is 0.482. The van der Waals surface area contributed by atoms with E-state index in [4.69, 9.17) is 16.2 Å². The SMILES string of the molecule is Cc1cc(Cl)c(C)c(S(=O)(=O)O)c1.Cl. The van der Waals surface area contributed by atoms with E-state index >= 15 is 0 Å². The Balaban J connectivity index is 0.00000169. The predicted molar refractivity (Wildman–Crippen MR) is 58.0 cm³/mol. The van der Waals surface area contributed by atoms with E-state index in [1.165, 1.54) is 6.07 Å². The number of rotatable bonds is 1. The molecule has 0 aliphatic carbocycles. The van der Waals surface area contributed by atoms with Gasteiger partial charge in [0.15, 0.2) is 0 Å². The van der Waals surface area contributed by atoms with Gasteiger partial charge in [-0.15, -0.1) is 12.4 Å². The zero-order valence-electron chi connectivity index (χ0n) is 7.61. The summed E-state index contributed by atoms with van der Waals surface area (Å²) in [7, 11) is -4.16. The first-order valence-corrected chi connectivity index (χ1v) is 5.38. The van der Waals surface area contributed by atoms with E-state index in [9.17, 15) is 8.42 Å². The van der Waals surface area contributed by atoms with Crippen molar-refractivity contribution in [2.75, 3.05) is 0 Å². The van der Waals surface area contributed by atoms with Crippen molar-refractivity contribution in [1.29, 1.82) is 0 Å². The van der Waals surface area contributed by atoms with Crippen LogP contribution in [-0.4, -0.2) is 13.0 Å². The van der Waals surface area contributed by atoms with E-state index in [0.717, 1.165) is 0 Å². The lowest BCUT2D eigenvalue weighted by Crippen LogP contribution is -2.01. The monoisotopic (exact) mass is 256 g/mol. The third-order valence-electron chi connectivity index (χ3n) is 1.72. The quantitative estimate of drug-likeness (QED) is 0.787. The third-order valence-corrected chi connectivity index (χ3v) is 3.09. The maximum atomic E-state index is 10.9. The molecular weight excluding hydrogens is 247 g/mol. The van der Waals surface area contributed by atoms with E-state index in [1.807, 2.05) is 0 Å². The summed E-state index contributed by atoms with van der Waals surface area (Å²) in [6, 6.07) is 3.03. The van der Waals surface area contributed by atoms with Crippen LogP contribution >= 0.6 is 24.0 Å². The summed E-state index contributed by atoms with van der Waals surface area (Å²) in [6.07, 6.45) is 0. The molecular formula is C8H10Cl2O3S. The molecule has 0 aromatic heterocycles. The van der Waals surface area contributed by atoms with Gasteiger partial charge in [0.1, 0.15) is 0 Å². The van der Waals surface area contributed by atoms with Crippen LogP contribution in [0.25, 0.3) is 0 Å². The largest absolute Gasteiger partial charge is 0.294 e. The molecule has 0 unspecified atom stereocenters. The molecule has 1 aromatic carbocycles. The molecule has 1 aromatic rings. The molecule has 3 nitrogen and oxygen atoms in total. The maximum Gasteiger partial charge on any atom is 0.294 e. The van der Waals surface area contributed by atoms with Crippen LogP contribution in [0.5, 0.6) is 0 Å². The fourth-order valence-electron chi connectivity index (χ4n) is 1.05. The predicted octanol–water partition coefficient (Wildman–Crippen LogP) is 2.63. The molecule has 14 heavy (non-hydrogen) atoms. The van der Waals surface area contributed by atoms with Crippen LogP contribution in [0.1, 0.15) is 11.1 Å². The number of hydrogen-bond donors (Lipinski definition) is 1. The van der Waals surface area contributed by atoms with Crippen molar-refractivity contribution in [2.24, 2.45) is 0 Å². The number of halogens is 2. The Bertz CT molecular complexity index is 440. The van der Waals surface area contributed by atoms with Crippen LogP contribution in [0.4, 0.5) is 0 Å². The Kier molecular flexibility index (Phi) is 4.39. The van der Waals surface area contributed by atoms with Gasteiger partial charge in [0.05, 0.1) is 4.90 Å². The van der Waals surface area contributed by atoms with Gasteiger partial charge in [0.25, 0.3) is 10.1 Å². The van der Waals surface area contributed by atoms with Gasteiger partial charge in [-0.1, -0.05) is 11.6 Å². The molecule has 0 amide bonds. The molecule has 0 aliphatic rings. The summed E-state index contributed by atoms with van der Waals surface area (Å²) in [5.74, 6) is 0. The summed E-state index contributed by atoms with van der Waals surface area (Å²) < 4.78 is 30.5. The van der Waals surface area contributed by atoms with Crippen LogP contribution in [0.2, 0.25) is 5.02 Å². The molecule has 0 spiro atoms. The van der Waals surface area contributed by atoms with Crippen molar-refractivity contribution >= 4 is 34.1 Å².